The summed E-state index contributed by atoms with van der Waals surface area (Å²) in [6.07, 6.45) is 3.69. The minimum Gasteiger partial charge on any atom is -0.368 e. The second-order valence-electron chi connectivity index (χ2n) is 8.29. The molecule has 0 aliphatic carbocycles. The predicted molar refractivity (Wildman–Crippen MR) is 139 cm³/mol. The van der Waals surface area contributed by atoms with E-state index in [4.69, 9.17) is 17.3 Å². The summed E-state index contributed by atoms with van der Waals surface area (Å²) in [6.45, 7) is 2.17. The summed E-state index contributed by atoms with van der Waals surface area (Å²) in [5, 5.41) is 5.11. The minimum atomic E-state index is -1.00. The monoisotopic (exact) mass is 507 g/mol. The lowest BCUT2D eigenvalue weighted by molar-refractivity contribution is -0.122. The van der Waals surface area contributed by atoms with E-state index >= 15 is 0 Å². The third kappa shape index (κ3) is 5.16. The summed E-state index contributed by atoms with van der Waals surface area (Å²) in [5.74, 6) is -2.21. The topological polar surface area (TPSA) is 92.5 Å². The molecule has 0 spiro atoms. The van der Waals surface area contributed by atoms with Gasteiger partial charge in [0.05, 0.1) is 12.0 Å². The standard InChI is InChI=1S/C27H26ClN3O3S/c1-2-30-27(34)31-20(14-13-17-8-4-3-5-9-17)22(25(32)18-10-6-11-19(28)16-18)23(24(31)26(29)33)21-12-7-15-35-21/h3-16,20,22-24H,2H2,1H3,(H2,29,33)(H,30,34). The number of rotatable bonds is 7. The van der Waals surface area contributed by atoms with Gasteiger partial charge in [-0.15, -0.1) is 11.3 Å². The molecule has 6 nitrogen and oxygen atoms in total. The number of Topliss-reactive ketones (excluding diaryl/α,β-unsaturated/α-hetero) is 1. The van der Waals surface area contributed by atoms with Crippen molar-refractivity contribution < 1.29 is 14.4 Å². The van der Waals surface area contributed by atoms with Crippen LogP contribution in [0.3, 0.4) is 0 Å². The predicted octanol–water partition coefficient (Wildman–Crippen LogP) is 4.97. The number of nitrogens with zero attached hydrogens (tertiary/aromatic N) is 1. The number of primary amides is 1. The Bertz CT molecular complexity index is 1230. The van der Waals surface area contributed by atoms with Crippen LogP contribution in [0.15, 0.2) is 78.2 Å². The van der Waals surface area contributed by atoms with E-state index in [2.05, 4.69) is 5.32 Å². The molecule has 2 aromatic carbocycles. The van der Waals surface area contributed by atoms with E-state index in [1.54, 1.807) is 31.2 Å². The van der Waals surface area contributed by atoms with Gasteiger partial charge in [0, 0.05) is 27.9 Å². The highest BCUT2D eigenvalue weighted by Gasteiger charge is 2.56. The average molecular weight is 508 g/mol. The van der Waals surface area contributed by atoms with Crippen LogP contribution in [0.1, 0.15) is 33.6 Å². The van der Waals surface area contributed by atoms with Gasteiger partial charge in [0.15, 0.2) is 5.78 Å². The number of hydrogen-bond acceptors (Lipinski definition) is 4. The van der Waals surface area contributed by atoms with E-state index in [0.29, 0.717) is 17.1 Å². The second kappa shape index (κ2) is 10.9. The summed E-state index contributed by atoms with van der Waals surface area (Å²) >= 11 is 7.63. The van der Waals surface area contributed by atoms with Crippen molar-refractivity contribution in [2.45, 2.75) is 24.9 Å². The van der Waals surface area contributed by atoms with Gasteiger partial charge in [-0.2, -0.15) is 0 Å². The SMILES string of the molecule is CCNC(=O)N1C(C=Cc2ccccc2)C(C(=O)c2cccc(Cl)c2)C(c2cccs2)C1C(N)=O. The molecule has 4 unspecified atom stereocenters. The molecule has 0 bridgehead atoms. The molecule has 4 atom stereocenters. The Kier molecular flexibility index (Phi) is 7.68. The number of nitrogens with one attached hydrogen (secondary N) is 1. The Labute approximate surface area is 213 Å². The Morgan fingerprint density at radius 2 is 1.86 bits per heavy atom. The second-order valence-corrected chi connectivity index (χ2v) is 9.71. The molecule has 1 aliphatic rings. The number of amides is 3. The average Bonchev–Trinajstić information content (AvgIpc) is 3.49. The molecule has 3 N–H and O–H groups in total. The van der Waals surface area contributed by atoms with E-state index in [1.807, 2.05) is 60.0 Å². The summed E-state index contributed by atoms with van der Waals surface area (Å²) < 4.78 is 0. The van der Waals surface area contributed by atoms with Crippen molar-refractivity contribution in [2.24, 2.45) is 11.7 Å². The van der Waals surface area contributed by atoms with E-state index in [9.17, 15) is 14.4 Å². The molecule has 0 radical (unpaired) electrons. The maximum absolute atomic E-state index is 14.0. The number of carbonyl (C=O) groups is 3. The fourth-order valence-electron chi connectivity index (χ4n) is 4.71. The van der Waals surface area contributed by atoms with Crippen molar-refractivity contribution in [3.8, 4) is 0 Å². The van der Waals surface area contributed by atoms with Crippen LogP contribution in [-0.2, 0) is 4.79 Å². The molecule has 8 heteroatoms. The van der Waals surface area contributed by atoms with Crippen molar-refractivity contribution in [3.05, 3.63) is 99.2 Å². The van der Waals surface area contributed by atoms with Gasteiger partial charge in [0.25, 0.3) is 0 Å². The van der Waals surface area contributed by atoms with Crippen LogP contribution in [0.25, 0.3) is 6.08 Å². The van der Waals surface area contributed by atoms with Crippen molar-refractivity contribution in [2.75, 3.05) is 6.54 Å². The van der Waals surface area contributed by atoms with Gasteiger partial charge < -0.3 is 16.0 Å². The molecule has 1 aliphatic heterocycles. The van der Waals surface area contributed by atoms with Gasteiger partial charge >= 0.3 is 6.03 Å². The quantitative estimate of drug-likeness (QED) is 0.442. The van der Waals surface area contributed by atoms with Gasteiger partial charge in [-0.3, -0.25) is 9.59 Å². The highest BCUT2D eigenvalue weighted by atomic mass is 35.5. The van der Waals surface area contributed by atoms with Crippen molar-refractivity contribution in [1.82, 2.24) is 10.2 Å². The Balaban J connectivity index is 1.89. The van der Waals surface area contributed by atoms with Gasteiger partial charge in [0.2, 0.25) is 5.91 Å². The zero-order chi connectivity index (χ0) is 24.9. The third-order valence-corrected chi connectivity index (χ3v) is 7.35. The number of ketones is 1. The van der Waals surface area contributed by atoms with E-state index < -0.39 is 35.9 Å². The van der Waals surface area contributed by atoms with Crippen molar-refractivity contribution in [3.63, 3.8) is 0 Å². The minimum absolute atomic E-state index is 0.202. The van der Waals surface area contributed by atoms with Crippen molar-refractivity contribution in [1.29, 1.82) is 0 Å². The van der Waals surface area contributed by atoms with Crippen LogP contribution in [0, 0.1) is 5.92 Å². The first-order chi connectivity index (χ1) is 16.9. The number of urea groups is 1. The van der Waals surface area contributed by atoms with Crippen molar-refractivity contribution >= 4 is 46.7 Å². The third-order valence-electron chi connectivity index (χ3n) is 6.14. The summed E-state index contributed by atoms with van der Waals surface area (Å²) in [6, 6.07) is 17.9. The molecule has 4 rings (SSSR count). The summed E-state index contributed by atoms with van der Waals surface area (Å²) in [5.41, 5.74) is 7.23. The smallest absolute Gasteiger partial charge is 0.318 e. The van der Waals surface area contributed by atoms with Crippen LogP contribution in [0.2, 0.25) is 5.02 Å². The molecule has 35 heavy (non-hydrogen) atoms. The lowest BCUT2D eigenvalue weighted by Gasteiger charge is -2.28. The number of benzene rings is 2. The maximum Gasteiger partial charge on any atom is 0.318 e. The number of halogens is 1. The highest BCUT2D eigenvalue weighted by Crippen LogP contribution is 2.46. The Hall–Kier alpha value is -3.42. The number of nitrogens with two attached hydrogens (primary N) is 1. The normalized spacial score (nSPS) is 21.8. The van der Waals surface area contributed by atoms with E-state index in [0.717, 1.165) is 10.4 Å². The zero-order valence-corrected chi connectivity index (χ0v) is 20.7. The Morgan fingerprint density at radius 3 is 2.49 bits per heavy atom. The van der Waals surface area contributed by atoms with E-state index in [1.165, 1.54) is 16.2 Å². The lowest BCUT2D eigenvalue weighted by atomic mass is 9.80. The largest absolute Gasteiger partial charge is 0.368 e. The molecule has 0 saturated carbocycles. The van der Waals surface area contributed by atoms with Gasteiger partial charge in [0.1, 0.15) is 6.04 Å². The van der Waals surface area contributed by atoms with Gasteiger partial charge in [-0.05, 0) is 36.1 Å². The van der Waals surface area contributed by atoms with Crippen LogP contribution in [-0.4, -0.2) is 41.2 Å². The lowest BCUT2D eigenvalue weighted by Crippen LogP contribution is -2.52. The number of hydrogen-bond donors (Lipinski definition) is 2. The van der Waals surface area contributed by atoms with Crippen LogP contribution < -0.4 is 11.1 Å². The maximum atomic E-state index is 14.0. The molecular formula is C27H26ClN3O3S. The molecule has 3 aromatic rings. The highest BCUT2D eigenvalue weighted by molar-refractivity contribution is 7.10. The summed E-state index contributed by atoms with van der Waals surface area (Å²) in [7, 11) is 0. The van der Waals surface area contributed by atoms with E-state index in [-0.39, 0.29) is 5.78 Å². The molecule has 1 aromatic heterocycles. The number of carbonyl (C=O) groups excluding carboxylic acids is 3. The first-order valence-corrected chi connectivity index (χ1v) is 12.6. The van der Waals surface area contributed by atoms with Gasteiger partial charge in [-0.1, -0.05) is 72.3 Å². The molecule has 180 valence electrons. The fourth-order valence-corrected chi connectivity index (χ4v) is 5.81. The molecule has 3 amide bonds. The molecule has 1 saturated heterocycles. The van der Waals surface area contributed by atoms with Crippen LogP contribution >= 0.6 is 22.9 Å². The number of thiophene rings is 1. The number of likely N-dealkylation sites (tertiary alicyclic amines) is 1. The zero-order valence-electron chi connectivity index (χ0n) is 19.1. The Morgan fingerprint density at radius 1 is 1.09 bits per heavy atom. The van der Waals surface area contributed by atoms with Crippen LogP contribution in [0.5, 0.6) is 0 Å². The fraction of sp³-hybridized carbons (Fsp3) is 0.222. The molecule has 1 fully saturated rings. The first kappa shape index (κ1) is 24.7. The first-order valence-electron chi connectivity index (χ1n) is 11.3. The molecular weight excluding hydrogens is 482 g/mol. The summed E-state index contributed by atoms with van der Waals surface area (Å²) in [4.78, 5) is 42.4. The van der Waals surface area contributed by atoms with Crippen LogP contribution in [0.4, 0.5) is 4.79 Å². The molecule has 2 heterocycles. The van der Waals surface area contributed by atoms with Gasteiger partial charge in [-0.25, -0.2) is 4.79 Å².